The van der Waals surface area contributed by atoms with Crippen LogP contribution in [0.4, 0.5) is 8.78 Å². The van der Waals surface area contributed by atoms with Gasteiger partial charge in [-0.25, -0.2) is 8.78 Å². The third kappa shape index (κ3) is 3.21. The van der Waals surface area contributed by atoms with E-state index in [0.29, 0.717) is 18.3 Å². The largest absolute Gasteiger partial charge is 0.493 e. The lowest BCUT2D eigenvalue weighted by Crippen LogP contribution is -2.18. The molecule has 0 heterocycles. The van der Waals surface area contributed by atoms with Crippen LogP contribution in [0.5, 0.6) is 5.75 Å². The quantitative estimate of drug-likeness (QED) is 0.772. The molecule has 1 aliphatic carbocycles. The molecule has 1 nitrogen and oxygen atoms in total. The molecule has 100 valence electrons. The molecule has 0 unspecified atom stereocenters. The molecule has 0 bridgehead atoms. The van der Waals surface area contributed by atoms with Gasteiger partial charge < -0.3 is 4.74 Å². The molecule has 0 saturated heterocycles. The summed E-state index contributed by atoms with van der Waals surface area (Å²) in [5.74, 6) is 0.544. The number of ether oxygens (including phenoxy) is 1. The average Bonchev–Trinajstić information content (AvgIpc) is 2.35. The van der Waals surface area contributed by atoms with E-state index in [9.17, 15) is 8.78 Å². The smallest absolute Gasteiger partial charge is 0.132 e. The van der Waals surface area contributed by atoms with E-state index in [1.54, 1.807) is 0 Å². The van der Waals surface area contributed by atoms with E-state index in [-0.39, 0.29) is 5.56 Å². The Bertz CT molecular complexity index is 386. The normalized spacial score (nSPS) is 24.0. The molecule has 1 saturated carbocycles. The van der Waals surface area contributed by atoms with Gasteiger partial charge in [0.25, 0.3) is 0 Å². The molecule has 1 aromatic carbocycles. The lowest BCUT2D eigenvalue weighted by molar-refractivity contribution is 0.187. The Morgan fingerprint density at radius 3 is 2.22 bits per heavy atom. The van der Waals surface area contributed by atoms with Gasteiger partial charge in [0.2, 0.25) is 0 Å². The van der Waals surface area contributed by atoms with Gasteiger partial charge in [0.1, 0.15) is 17.4 Å². The zero-order valence-electron chi connectivity index (χ0n) is 11.0. The molecule has 1 fully saturated rings. The summed E-state index contributed by atoms with van der Waals surface area (Å²) in [6, 6.07) is 2.54. The van der Waals surface area contributed by atoms with Gasteiger partial charge in [-0.15, -0.1) is 0 Å². The fourth-order valence-corrected chi connectivity index (χ4v) is 2.42. The Morgan fingerprint density at radius 2 is 1.67 bits per heavy atom. The summed E-state index contributed by atoms with van der Waals surface area (Å²) in [5.41, 5.74) is 0.0499. The Kier molecular flexibility index (Phi) is 4.20. The Morgan fingerprint density at radius 1 is 1.11 bits per heavy atom. The van der Waals surface area contributed by atoms with Gasteiger partial charge in [0.05, 0.1) is 6.61 Å². The predicted molar refractivity (Wildman–Crippen MR) is 67.7 cm³/mol. The summed E-state index contributed by atoms with van der Waals surface area (Å²) >= 11 is 0. The minimum absolute atomic E-state index is 0.0499. The first-order valence-corrected chi connectivity index (χ1v) is 6.64. The summed E-state index contributed by atoms with van der Waals surface area (Å²) < 4.78 is 32.2. The third-order valence-corrected chi connectivity index (χ3v) is 3.88. The molecule has 0 aliphatic heterocycles. The molecule has 1 aromatic rings. The molecule has 0 spiro atoms. The monoisotopic (exact) mass is 254 g/mol. The van der Waals surface area contributed by atoms with Crippen molar-refractivity contribution in [2.24, 2.45) is 11.8 Å². The second-order valence-electron chi connectivity index (χ2n) is 5.45. The van der Waals surface area contributed by atoms with Crippen molar-refractivity contribution in [1.82, 2.24) is 0 Å². The average molecular weight is 254 g/mol. The van der Waals surface area contributed by atoms with E-state index < -0.39 is 11.6 Å². The molecule has 1 aliphatic rings. The number of benzene rings is 1. The van der Waals surface area contributed by atoms with Crippen LogP contribution < -0.4 is 4.74 Å². The van der Waals surface area contributed by atoms with E-state index in [0.717, 1.165) is 18.8 Å². The van der Waals surface area contributed by atoms with Crippen LogP contribution in [0.1, 0.15) is 38.2 Å². The lowest BCUT2D eigenvalue weighted by Gasteiger charge is -2.26. The minimum atomic E-state index is -0.540. The van der Waals surface area contributed by atoms with Crippen LogP contribution in [-0.4, -0.2) is 6.61 Å². The zero-order valence-corrected chi connectivity index (χ0v) is 11.0. The first-order valence-electron chi connectivity index (χ1n) is 6.64. The van der Waals surface area contributed by atoms with Gasteiger partial charge in [-0.05, 0) is 31.6 Å². The van der Waals surface area contributed by atoms with Crippen molar-refractivity contribution >= 4 is 0 Å². The van der Waals surface area contributed by atoms with Gasteiger partial charge in [-0.1, -0.05) is 19.8 Å². The van der Waals surface area contributed by atoms with Crippen LogP contribution in [0, 0.1) is 30.4 Å². The summed E-state index contributed by atoms with van der Waals surface area (Å²) in [5, 5.41) is 0. The Hall–Kier alpha value is -1.12. The highest BCUT2D eigenvalue weighted by Gasteiger charge is 2.19. The number of rotatable bonds is 3. The maximum atomic E-state index is 13.3. The zero-order chi connectivity index (χ0) is 13.1. The fraction of sp³-hybridized carbons (Fsp3) is 0.600. The van der Waals surface area contributed by atoms with Gasteiger partial charge >= 0.3 is 0 Å². The molecule has 0 amide bonds. The van der Waals surface area contributed by atoms with Crippen LogP contribution in [0.25, 0.3) is 0 Å². The van der Waals surface area contributed by atoms with Crippen molar-refractivity contribution < 1.29 is 13.5 Å². The molecule has 18 heavy (non-hydrogen) atoms. The fourth-order valence-electron chi connectivity index (χ4n) is 2.42. The molecule has 0 N–H and O–H groups in total. The van der Waals surface area contributed by atoms with Crippen LogP contribution in [-0.2, 0) is 0 Å². The highest BCUT2D eigenvalue weighted by Crippen LogP contribution is 2.29. The number of halogens is 2. The highest BCUT2D eigenvalue weighted by molar-refractivity contribution is 5.29. The Labute approximate surface area is 107 Å². The van der Waals surface area contributed by atoms with Crippen molar-refractivity contribution in [2.45, 2.75) is 39.5 Å². The molecule has 0 radical (unpaired) electrons. The van der Waals surface area contributed by atoms with Crippen LogP contribution in [0.3, 0.4) is 0 Å². The number of hydrogen-bond acceptors (Lipinski definition) is 1. The molecular formula is C15H20F2O. The standard InChI is InChI=1S/C15H20F2O/c1-10-3-5-12(6-4-10)9-18-13-7-14(16)11(2)15(17)8-13/h7-8,10,12H,3-6,9H2,1-2H3. The van der Waals surface area contributed by atoms with Crippen molar-refractivity contribution in [3.8, 4) is 5.75 Å². The number of hydrogen-bond donors (Lipinski definition) is 0. The summed E-state index contributed by atoms with van der Waals surface area (Å²) in [7, 11) is 0. The topological polar surface area (TPSA) is 9.23 Å². The second kappa shape index (κ2) is 5.68. The van der Waals surface area contributed by atoms with Crippen molar-refractivity contribution in [3.05, 3.63) is 29.3 Å². The second-order valence-corrected chi connectivity index (χ2v) is 5.45. The third-order valence-electron chi connectivity index (χ3n) is 3.88. The highest BCUT2D eigenvalue weighted by atomic mass is 19.1. The Balaban J connectivity index is 1.90. The maximum absolute atomic E-state index is 13.3. The first-order chi connectivity index (χ1) is 8.56. The molecular weight excluding hydrogens is 234 g/mol. The van der Waals surface area contributed by atoms with E-state index in [1.165, 1.54) is 31.9 Å². The first kappa shape index (κ1) is 13.3. The van der Waals surface area contributed by atoms with Crippen LogP contribution in [0.15, 0.2) is 12.1 Å². The molecule has 3 heteroatoms. The lowest BCUT2D eigenvalue weighted by atomic mass is 9.83. The van der Waals surface area contributed by atoms with Gasteiger partial charge in [0.15, 0.2) is 0 Å². The van der Waals surface area contributed by atoms with Crippen LogP contribution >= 0.6 is 0 Å². The van der Waals surface area contributed by atoms with E-state index in [4.69, 9.17) is 4.74 Å². The van der Waals surface area contributed by atoms with Crippen molar-refractivity contribution in [1.29, 1.82) is 0 Å². The predicted octanol–water partition coefficient (Wildman–Crippen LogP) is 4.48. The van der Waals surface area contributed by atoms with Gasteiger partial charge in [-0.2, -0.15) is 0 Å². The van der Waals surface area contributed by atoms with E-state index >= 15 is 0 Å². The maximum Gasteiger partial charge on any atom is 0.132 e. The minimum Gasteiger partial charge on any atom is -0.493 e. The molecule has 0 atom stereocenters. The van der Waals surface area contributed by atoms with Gasteiger partial charge in [-0.3, -0.25) is 0 Å². The SMILES string of the molecule is Cc1c(F)cc(OCC2CCC(C)CC2)cc1F. The summed E-state index contributed by atoms with van der Waals surface area (Å²) in [6.45, 7) is 4.26. The summed E-state index contributed by atoms with van der Waals surface area (Å²) in [4.78, 5) is 0. The molecule has 0 aromatic heterocycles. The molecule has 2 rings (SSSR count). The van der Waals surface area contributed by atoms with Gasteiger partial charge in [0, 0.05) is 17.7 Å². The van der Waals surface area contributed by atoms with E-state index in [2.05, 4.69) is 6.92 Å². The van der Waals surface area contributed by atoms with Crippen molar-refractivity contribution in [2.75, 3.05) is 6.61 Å². The van der Waals surface area contributed by atoms with Crippen LogP contribution in [0.2, 0.25) is 0 Å². The van der Waals surface area contributed by atoms with Crippen molar-refractivity contribution in [3.63, 3.8) is 0 Å². The summed E-state index contributed by atoms with van der Waals surface area (Å²) in [6.07, 6.45) is 4.76. The van der Waals surface area contributed by atoms with E-state index in [1.807, 2.05) is 0 Å².